The highest BCUT2D eigenvalue weighted by molar-refractivity contribution is 6.06. The van der Waals surface area contributed by atoms with Gasteiger partial charge in [-0.2, -0.15) is 0 Å². The van der Waals surface area contributed by atoms with E-state index in [4.69, 9.17) is 10.5 Å². The lowest BCUT2D eigenvalue weighted by Crippen LogP contribution is -2.26. The summed E-state index contributed by atoms with van der Waals surface area (Å²) in [5, 5.41) is 0. The third-order valence-electron chi connectivity index (χ3n) is 3.89. The zero-order valence-corrected chi connectivity index (χ0v) is 13.4. The molecular formula is C17H19ClN2O2. The van der Waals surface area contributed by atoms with Crippen molar-refractivity contribution >= 4 is 29.7 Å². The average molecular weight is 319 g/mol. The van der Waals surface area contributed by atoms with Crippen molar-refractivity contribution in [2.75, 3.05) is 24.3 Å². The second-order valence-corrected chi connectivity index (χ2v) is 5.33. The second-order valence-electron chi connectivity index (χ2n) is 5.33. The summed E-state index contributed by atoms with van der Waals surface area (Å²) < 4.78 is 5.49. The Morgan fingerprint density at radius 1 is 1.23 bits per heavy atom. The number of fused-ring (bicyclic) bond motifs is 1. The zero-order valence-electron chi connectivity index (χ0n) is 12.6. The third kappa shape index (κ3) is 2.88. The summed E-state index contributed by atoms with van der Waals surface area (Å²) in [4.78, 5) is 14.2. The summed E-state index contributed by atoms with van der Waals surface area (Å²) in [5.41, 5.74) is 10.1. The fourth-order valence-electron chi connectivity index (χ4n) is 2.47. The normalized spacial score (nSPS) is 12.1. The molecule has 0 saturated heterocycles. The summed E-state index contributed by atoms with van der Waals surface area (Å²) in [6, 6.07) is 11.2. The number of nitrogens with zero attached hydrogens (tertiary/aromatic N) is 1. The lowest BCUT2D eigenvalue weighted by Gasteiger charge is -2.18. The molecule has 1 amide bonds. The molecule has 0 saturated carbocycles. The topological polar surface area (TPSA) is 55.6 Å². The van der Waals surface area contributed by atoms with Crippen molar-refractivity contribution in [2.45, 2.75) is 13.3 Å². The van der Waals surface area contributed by atoms with E-state index < -0.39 is 0 Å². The van der Waals surface area contributed by atoms with Crippen LogP contribution < -0.4 is 15.4 Å². The van der Waals surface area contributed by atoms with Gasteiger partial charge in [0, 0.05) is 30.4 Å². The molecule has 1 heterocycles. The minimum atomic E-state index is -0.0689. The maximum atomic E-state index is 12.5. The number of aryl methyl sites for hydroxylation is 1. The summed E-state index contributed by atoms with van der Waals surface area (Å²) >= 11 is 0. The standard InChI is InChI=1S/C17H18N2O2.ClH/c1-11-3-4-13(10-15(11)18)17(20)19(2)14-5-6-16-12(9-14)7-8-21-16;/h3-6,9-10H,7-8,18H2,1-2H3;1H. The van der Waals surface area contributed by atoms with Gasteiger partial charge in [0.2, 0.25) is 0 Å². The van der Waals surface area contributed by atoms with E-state index in [-0.39, 0.29) is 18.3 Å². The van der Waals surface area contributed by atoms with E-state index in [1.807, 2.05) is 31.2 Å². The minimum Gasteiger partial charge on any atom is -0.493 e. The molecule has 0 fully saturated rings. The van der Waals surface area contributed by atoms with Crippen molar-refractivity contribution in [1.29, 1.82) is 0 Å². The van der Waals surface area contributed by atoms with Crippen LogP contribution >= 0.6 is 12.4 Å². The summed E-state index contributed by atoms with van der Waals surface area (Å²) in [6.45, 7) is 2.64. The number of hydrogen-bond donors (Lipinski definition) is 1. The predicted molar refractivity (Wildman–Crippen MR) is 91.2 cm³/mol. The van der Waals surface area contributed by atoms with E-state index in [2.05, 4.69) is 0 Å². The molecule has 0 aromatic heterocycles. The fourth-order valence-corrected chi connectivity index (χ4v) is 2.47. The third-order valence-corrected chi connectivity index (χ3v) is 3.89. The van der Waals surface area contributed by atoms with Gasteiger partial charge in [0.05, 0.1) is 6.61 Å². The Hall–Kier alpha value is -2.20. The Morgan fingerprint density at radius 3 is 2.73 bits per heavy atom. The lowest BCUT2D eigenvalue weighted by molar-refractivity contribution is 0.0993. The molecular weight excluding hydrogens is 300 g/mol. The Morgan fingerprint density at radius 2 is 2.00 bits per heavy atom. The Balaban J connectivity index is 0.00000176. The smallest absolute Gasteiger partial charge is 0.258 e. The SMILES string of the molecule is Cc1ccc(C(=O)N(C)c2ccc3c(c2)CCO3)cc1N.Cl. The van der Waals surface area contributed by atoms with Gasteiger partial charge in [-0.05, 0) is 48.4 Å². The number of benzene rings is 2. The molecule has 0 radical (unpaired) electrons. The van der Waals surface area contributed by atoms with E-state index >= 15 is 0 Å². The number of carbonyl (C=O) groups is 1. The van der Waals surface area contributed by atoms with Crippen molar-refractivity contribution < 1.29 is 9.53 Å². The Bertz CT molecular complexity index is 716. The van der Waals surface area contributed by atoms with Crippen LogP contribution in [0, 0.1) is 6.92 Å². The molecule has 0 unspecified atom stereocenters. The maximum absolute atomic E-state index is 12.5. The van der Waals surface area contributed by atoms with Crippen molar-refractivity contribution in [1.82, 2.24) is 0 Å². The quantitative estimate of drug-likeness (QED) is 0.865. The van der Waals surface area contributed by atoms with Crippen LogP contribution in [0.1, 0.15) is 21.5 Å². The van der Waals surface area contributed by atoms with Crippen LogP contribution in [0.3, 0.4) is 0 Å². The van der Waals surface area contributed by atoms with Crippen molar-refractivity contribution in [3.05, 3.63) is 53.1 Å². The maximum Gasteiger partial charge on any atom is 0.258 e. The van der Waals surface area contributed by atoms with Crippen LogP contribution in [0.2, 0.25) is 0 Å². The first-order valence-corrected chi connectivity index (χ1v) is 6.96. The minimum absolute atomic E-state index is 0. The van der Waals surface area contributed by atoms with Gasteiger partial charge in [-0.3, -0.25) is 4.79 Å². The molecule has 0 aliphatic carbocycles. The molecule has 3 rings (SSSR count). The molecule has 0 spiro atoms. The van der Waals surface area contributed by atoms with Crippen LogP contribution in [0.15, 0.2) is 36.4 Å². The molecule has 116 valence electrons. The lowest BCUT2D eigenvalue weighted by atomic mass is 10.1. The summed E-state index contributed by atoms with van der Waals surface area (Å²) in [6.07, 6.45) is 0.892. The first-order valence-electron chi connectivity index (χ1n) is 6.96. The first kappa shape index (κ1) is 16.2. The number of amides is 1. The number of halogens is 1. The number of ether oxygens (including phenoxy) is 1. The van der Waals surface area contributed by atoms with E-state index in [0.717, 1.165) is 29.0 Å². The predicted octanol–water partition coefficient (Wildman–Crippen LogP) is 3.21. The number of nitrogen functional groups attached to an aromatic ring is 1. The molecule has 22 heavy (non-hydrogen) atoms. The first-order chi connectivity index (χ1) is 10.1. The van der Waals surface area contributed by atoms with Crippen LogP contribution in [0.5, 0.6) is 5.75 Å². The van der Waals surface area contributed by atoms with E-state index in [1.54, 1.807) is 24.1 Å². The number of hydrogen-bond acceptors (Lipinski definition) is 3. The number of anilines is 2. The molecule has 1 aliphatic rings. The highest BCUT2D eigenvalue weighted by atomic mass is 35.5. The highest BCUT2D eigenvalue weighted by Crippen LogP contribution is 2.29. The van der Waals surface area contributed by atoms with Gasteiger partial charge in [-0.25, -0.2) is 0 Å². The van der Waals surface area contributed by atoms with Gasteiger partial charge in [-0.15, -0.1) is 12.4 Å². The zero-order chi connectivity index (χ0) is 15.0. The van der Waals surface area contributed by atoms with Crippen LogP contribution in [-0.4, -0.2) is 19.6 Å². The number of rotatable bonds is 2. The summed E-state index contributed by atoms with van der Waals surface area (Å²) in [7, 11) is 1.77. The molecule has 0 atom stereocenters. The van der Waals surface area contributed by atoms with Crippen molar-refractivity contribution in [3.8, 4) is 5.75 Å². The number of nitrogens with two attached hydrogens (primary N) is 1. The second kappa shape index (κ2) is 6.28. The van der Waals surface area contributed by atoms with Gasteiger partial charge < -0.3 is 15.4 Å². The Labute approximate surface area is 136 Å². The molecule has 1 aliphatic heterocycles. The van der Waals surface area contributed by atoms with Gasteiger partial charge in [0.25, 0.3) is 5.91 Å². The van der Waals surface area contributed by atoms with Gasteiger partial charge >= 0.3 is 0 Å². The van der Waals surface area contributed by atoms with Gasteiger partial charge in [0.1, 0.15) is 5.75 Å². The molecule has 4 nitrogen and oxygen atoms in total. The molecule has 2 N–H and O–H groups in total. The highest BCUT2D eigenvalue weighted by Gasteiger charge is 2.18. The summed E-state index contributed by atoms with van der Waals surface area (Å²) in [5.74, 6) is 0.847. The Kier molecular flexibility index (Phi) is 4.62. The fraction of sp³-hybridized carbons (Fsp3) is 0.235. The monoisotopic (exact) mass is 318 g/mol. The van der Waals surface area contributed by atoms with Crippen LogP contribution in [0.25, 0.3) is 0 Å². The van der Waals surface area contributed by atoms with E-state index in [1.165, 1.54) is 0 Å². The van der Waals surface area contributed by atoms with Crippen LogP contribution in [-0.2, 0) is 6.42 Å². The largest absolute Gasteiger partial charge is 0.493 e. The van der Waals surface area contributed by atoms with Crippen molar-refractivity contribution in [3.63, 3.8) is 0 Å². The molecule has 2 aromatic carbocycles. The molecule has 0 bridgehead atoms. The molecule has 5 heteroatoms. The average Bonchev–Trinajstić information content (AvgIpc) is 2.96. The van der Waals surface area contributed by atoms with Gasteiger partial charge in [-0.1, -0.05) is 6.07 Å². The molecule has 2 aromatic rings. The van der Waals surface area contributed by atoms with Gasteiger partial charge in [0.15, 0.2) is 0 Å². The van der Waals surface area contributed by atoms with Crippen LogP contribution in [0.4, 0.5) is 11.4 Å². The number of carbonyl (C=O) groups excluding carboxylic acids is 1. The van der Waals surface area contributed by atoms with E-state index in [9.17, 15) is 4.79 Å². The van der Waals surface area contributed by atoms with Crippen molar-refractivity contribution in [2.24, 2.45) is 0 Å². The van der Waals surface area contributed by atoms with E-state index in [0.29, 0.717) is 17.9 Å².